The predicted octanol–water partition coefficient (Wildman–Crippen LogP) is 6.11. The molecule has 0 aromatic rings. The van der Waals surface area contributed by atoms with Gasteiger partial charge in [-0.25, -0.2) is 0 Å². The first-order valence-electron chi connectivity index (χ1n) is 9.88. The molecule has 0 bridgehead atoms. The molecule has 0 rings (SSSR count). The largest absolute Gasteiger partial charge is 0.414 e. The van der Waals surface area contributed by atoms with Crippen molar-refractivity contribution in [2.45, 2.75) is 105 Å². The lowest BCUT2D eigenvalue weighted by molar-refractivity contribution is -0.115. The van der Waals surface area contributed by atoms with E-state index < -0.39 is 16.6 Å². The smallest absolute Gasteiger partial charge is 0.192 e. The number of carbonyl (C=O) groups is 1. The van der Waals surface area contributed by atoms with Gasteiger partial charge in [-0.15, -0.1) is 0 Å². The Hall–Kier alpha value is 0.0238. The van der Waals surface area contributed by atoms with Crippen molar-refractivity contribution < 1.29 is 13.6 Å². The van der Waals surface area contributed by atoms with Gasteiger partial charge in [-0.2, -0.15) is 0 Å². The zero-order chi connectivity index (χ0) is 20.2. The molecule has 0 aliphatic heterocycles. The summed E-state index contributed by atoms with van der Waals surface area (Å²) in [6.45, 7) is 26.7. The van der Waals surface area contributed by atoms with Gasteiger partial charge in [-0.3, -0.25) is 0 Å². The van der Waals surface area contributed by atoms with Gasteiger partial charge in [0.2, 0.25) is 0 Å². The number of rotatable bonds is 10. The number of hydrogen-bond donors (Lipinski definition) is 0. The summed E-state index contributed by atoms with van der Waals surface area (Å²) < 4.78 is 13.3. The van der Waals surface area contributed by atoms with Gasteiger partial charge in [0, 0.05) is 11.8 Å². The third kappa shape index (κ3) is 7.65. The SMILES string of the molecule is CC[C@H](C)[C@@H](O[Si](C)(C)C(C)(C)C)[C@H](C)[C@H](O[Si](C)(C)C)[C@@H](C)C=O. The minimum atomic E-state index is -1.89. The average Bonchev–Trinajstić information content (AvgIpc) is 2.46. The second-order valence-electron chi connectivity index (χ2n) is 10.3. The molecule has 150 valence electrons. The van der Waals surface area contributed by atoms with Crippen molar-refractivity contribution in [3.8, 4) is 0 Å². The molecule has 0 aliphatic carbocycles. The minimum Gasteiger partial charge on any atom is -0.414 e. The van der Waals surface area contributed by atoms with Crippen LogP contribution in [-0.4, -0.2) is 35.1 Å². The van der Waals surface area contributed by atoms with E-state index in [1.165, 1.54) is 0 Å². The predicted molar refractivity (Wildman–Crippen MR) is 114 cm³/mol. The van der Waals surface area contributed by atoms with Gasteiger partial charge in [0.05, 0.1) is 12.2 Å². The van der Waals surface area contributed by atoms with Crippen molar-refractivity contribution in [2.24, 2.45) is 17.8 Å². The zero-order valence-electron chi connectivity index (χ0n) is 18.9. The maximum Gasteiger partial charge on any atom is 0.192 e. The highest BCUT2D eigenvalue weighted by Gasteiger charge is 2.43. The molecule has 0 aromatic carbocycles. The Labute approximate surface area is 159 Å². The summed E-state index contributed by atoms with van der Waals surface area (Å²) in [6.07, 6.45) is 2.16. The number of carbonyl (C=O) groups excluding carboxylic acids is 1. The van der Waals surface area contributed by atoms with Crippen molar-refractivity contribution in [2.75, 3.05) is 0 Å². The Morgan fingerprint density at radius 3 is 1.72 bits per heavy atom. The molecule has 0 fully saturated rings. The monoisotopic (exact) mass is 388 g/mol. The maximum absolute atomic E-state index is 11.5. The van der Waals surface area contributed by atoms with E-state index in [1.807, 2.05) is 6.92 Å². The van der Waals surface area contributed by atoms with E-state index in [4.69, 9.17) is 8.85 Å². The lowest BCUT2D eigenvalue weighted by Gasteiger charge is -2.45. The molecule has 0 aliphatic rings. The molecule has 25 heavy (non-hydrogen) atoms. The van der Waals surface area contributed by atoms with E-state index in [0.29, 0.717) is 5.92 Å². The highest BCUT2D eigenvalue weighted by Crippen LogP contribution is 2.40. The highest BCUT2D eigenvalue weighted by atomic mass is 28.4. The van der Waals surface area contributed by atoms with Crippen molar-refractivity contribution >= 4 is 22.9 Å². The van der Waals surface area contributed by atoms with Crippen LogP contribution in [0.3, 0.4) is 0 Å². The third-order valence-electron chi connectivity index (χ3n) is 5.70. The van der Waals surface area contributed by atoms with Crippen LogP contribution in [0.25, 0.3) is 0 Å². The Balaban J connectivity index is 5.71. The van der Waals surface area contributed by atoms with Crippen LogP contribution in [0.2, 0.25) is 37.8 Å². The van der Waals surface area contributed by atoms with Crippen LogP contribution in [-0.2, 0) is 13.6 Å². The quantitative estimate of drug-likeness (QED) is 0.334. The third-order valence-corrected chi connectivity index (χ3v) is 11.2. The summed E-state index contributed by atoms with van der Waals surface area (Å²) in [7, 11) is -3.64. The fourth-order valence-corrected chi connectivity index (χ4v) is 5.58. The van der Waals surface area contributed by atoms with E-state index >= 15 is 0 Å². The first-order valence-corrected chi connectivity index (χ1v) is 16.2. The molecular weight excluding hydrogens is 344 g/mol. The van der Waals surface area contributed by atoms with E-state index in [2.05, 4.69) is 74.3 Å². The second-order valence-corrected chi connectivity index (χ2v) is 19.5. The van der Waals surface area contributed by atoms with Gasteiger partial charge in [0.15, 0.2) is 16.6 Å². The molecule has 0 radical (unpaired) electrons. The summed E-state index contributed by atoms with van der Waals surface area (Å²) in [6, 6.07) is 0. The standard InChI is InChI=1S/C20H44O3Si2/c1-13-15(2)18(23-25(11,12)20(5,6)7)17(4)19(16(3)14-21)22-24(8,9)10/h14-19H,13H2,1-12H3/t15-,16-,17-,18+,19+/m0/s1. The summed E-state index contributed by atoms with van der Waals surface area (Å²) in [5.74, 6) is 0.517. The molecule has 5 heteroatoms. The fraction of sp³-hybridized carbons (Fsp3) is 0.950. The summed E-state index contributed by atoms with van der Waals surface area (Å²) >= 11 is 0. The van der Waals surface area contributed by atoms with Crippen LogP contribution in [0, 0.1) is 17.8 Å². The van der Waals surface area contributed by atoms with Crippen LogP contribution in [0.15, 0.2) is 0 Å². The molecule has 0 amide bonds. The number of hydrogen-bond acceptors (Lipinski definition) is 3. The van der Waals surface area contributed by atoms with Gasteiger partial charge in [-0.1, -0.05) is 54.9 Å². The first-order chi connectivity index (χ1) is 11.1. The molecule has 0 unspecified atom stereocenters. The van der Waals surface area contributed by atoms with Crippen LogP contribution in [0.1, 0.15) is 54.9 Å². The van der Waals surface area contributed by atoms with Gasteiger partial charge in [0.25, 0.3) is 0 Å². The van der Waals surface area contributed by atoms with Crippen LogP contribution in [0.5, 0.6) is 0 Å². The van der Waals surface area contributed by atoms with Crippen LogP contribution in [0.4, 0.5) is 0 Å². The minimum absolute atomic E-state index is 0.0760. The summed E-state index contributed by atoms with van der Waals surface area (Å²) in [4.78, 5) is 11.5. The molecular formula is C20H44O3Si2. The van der Waals surface area contributed by atoms with E-state index in [0.717, 1.165) is 12.7 Å². The van der Waals surface area contributed by atoms with Gasteiger partial charge >= 0.3 is 0 Å². The summed E-state index contributed by atoms with van der Waals surface area (Å²) in [5, 5.41) is 0.170. The van der Waals surface area contributed by atoms with Gasteiger partial charge in [-0.05, 0) is 43.7 Å². The molecule has 3 nitrogen and oxygen atoms in total. The molecule has 5 atom stereocenters. The zero-order valence-corrected chi connectivity index (χ0v) is 20.9. The van der Waals surface area contributed by atoms with Crippen LogP contribution >= 0.6 is 0 Å². The normalized spacial score (nSPS) is 19.8. The topological polar surface area (TPSA) is 35.5 Å². The lowest BCUT2D eigenvalue weighted by Crippen LogP contribution is -2.51. The second kappa shape index (κ2) is 9.29. The van der Waals surface area contributed by atoms with Crippen molar-refractivity contribution in [1.82, 2.24) is 0 Å². The van der Waals surface area contributed by atoms with Crippen molar-refractivity contribution in [3.05, 3.63) is 0 Å². The number of aldehydes is 1. The van der Waals surface area contributed by atoms with E-state index in [-0.39, 0.29) is 29.1 Å². The fourth-order valence-electron chi connectivity index (χ4n) is 2.86. The van der Waals surface area contributed by atoms with E-state index in [9.17, 15) is 4.79 Å². The van der Waals surface area contributed by atoms with Crippen LogP contribution < -0.4 is 0 Å². The molecule has 0 saturated carbocycles. The molecule has 0 aromatic heterocycles. The Morgan fingerprint density at radius 2 is 1.40 bits per heavy atom. The van der Waals surface area contributed by atoms with Crippen molar-refractivity contribution in [1.29, 1.82) is 0 Å². The van der Waals surface area contributed by atoms with Gasteiger partial charge < -0.3 is 13.6 Å². The molecule has 0 spiro atoms. The maximum atomic E-state index is 11.5. The Kier molecular flexibility index (Phi) is 9.30. The molecule has 0 heterocycles. The molecule has 0 saturated heterocycles. The van der Waals surface area contributed by atoms with Crippen molar-refractivity contribution in [3.63, 3.8) is 0 Å². The van der Waals surface area contributed by atoms with E-state index in [1.54, 1.807) is 0 Å². The summed E-state index contributed by atoms with van der Waals surface area (Å²) in [5.41, 5.74) is 0. The Bertz CT molecular complexity index is 410. The lowest BCUT2D eigenvalue weighted by atomic mass is 9.84. The first kappa shape index (κ1) is 25.0. The van der Waals surface area contributed by atoms with Gasteiger partial charge in [0.1, 0.15) is 6.29 Å². The Morgan fingerprint density at radius 1 is 0.920 bits per heavy atom. The average molecular weight is 389 g/mol. The molecule has 0 N–H and O–H groups in total. The highest BCUT2D eigenvalue weighted by molar-refractivity contribution is 6.74.